The highest BCUT2D eigenvalue weighted by molar-refractivity contribution is 7.10. The number of likely N-dealkylation sites (tertiary alicyclic amines) is 1. The highest BCUT2D eigenvalue weighted by Gasteiger charge is 2.36. The van der Waals surface area contributed by atoms with Crippen LogP contribution < -0.4 is 0 Å². The zero-order valence-corrected chi connectivity index (χ0v) is 12.6. The van der Waals surface area contributed by atoms with Gasteiger partial charge >= 0.3 is 0 Å². The van der Waals surface area contributed by atoms with E-state index in [1.54, 1.807) is 11.3 Å². The molecule has 3 heteroatoms. The summed E-state index contributed by atoms with van der Waals surface area (Å²) < 4.78 is 0. The Hall–Kier alpha value is -0.380. The van der Waals surface area contributed by atoms with Crippen molar-refractivity contribution in [3.63, 3.8) is 0 Å². The molecule has 1 fully saturated rings. The predicted molar refractivity (Wildman–Crippen MR) is 78.1 cm³/mol. The van der Waals surface area contributed by atoms with E-state index in [1.165, 1.54) is 31.2 Å². The van der Waals surface area contributed by atoms with Crippen molar-refractivity contribution in [1.29, 1.82) is 0 Å². The summed E-state index contributed by atoms with van der Waals surface area (Å²) in [6.45, 7) is 8.70. The summed E-state index contributed by atoms with van der Waals surface area (Å²) in [7, 11) is 0. The molecule has 0 bridgehead atoms. The molecular formula is C15H25NOS. The summed E-state index contributed by atoms with van der Waals surface area (Å²) in [6.07, 6.45) is 4.82. The average molecular weight is 267 g/mol. The molecule has 0 aliphatic carbocycles. The predicted octanol–water partition coefficient (Wildman–Crippen LogP) is 3.74. The van der Waals surface area contributed by atoms with Crippen molar-refractivity contribution in [3.8, 4) is 0 Å². The van der Waals surface area contributed by atoms with Gasteiger partial charge in [0.1, 0.15) is 6.10 Å². The molecule has 2 rings (SSSR count). The van der Waals surface area contributed by atoms with Crippen molar-refractivity contribution in [2.45, 2.75) is 58.1 Å². The van der Waals surface area contributed by atoms with E-state index in [0.29, 0.717) is 0 Å². The van der Waals surface area contributed by atoms with Crippen molar-refractivity contribution in [3.05, 3.63) is 21.9 Å². The van der Waals surface area contributed by atoms with Crippen LogP contribution in [0.15, 0.2) is 11.4 Å². The lowest BCUT2D eigenvalue weighted by Crippen LogP contribution is -2.48. The Morgan fingerprint density at radius 2 is 1.83 bits per heavy atom. The molecule has 18 heavy (non-hydrogen) atoms. The first-order valence-corrected chi connectivity index (χ1v) is 7.88. The number of hydrogen-bond acceptors (Lipinski definition) is 3. The first-order chi connectivity index (χ1) is 8.53. The lowest BCUT2D eigenvalue weighted by molar-refractivity contribution is -0.00831. The maximum Gasteiger partial charge on any atom is 0.106 e. The Labute approximate surface area is 115 Å². The van der Waals surface area contributed by atoms with Crippen LogP contribution in [-0.2, 0) is 0 Å². The Morgan fingerprint density at radius 1 is 1.22 bits per heavy atom. The second kappa shape index (κ2) is 5.72. The molecule has 1 saturated heterocycles. The molecule has 2 nitrogen and oxygen atoms in total. The molecule has 102 valence electrons. The van der Waals surface area contributed by atoms with Crippen molar-refractivity contribution in [1.82, 2.24) is 4.90 Å². The van der Waals surface area contributed by atoms with Gasteiger partial charge in [-0.15, -0.1) is 11.3 Å². The fourth-order valence-corrected chi connectivity index (χ4v) is 3.90. The number of thiophene rings is 1. The highest BCUT2D eigenvalue weighted by Crippen LogP contribution is 2.36. The molecule has 1 aliphatic rings. The minimum atomic E-state index is -0.379. The van der Waals surface area contributed by atoms with Gasteiger partial charge in [0.05, 0.1) is 0 Å². The van der Waals surface area contributed by atoms with Crippen LogP contribution in [0.2, 0.25) is 0 Å². The summed E-state index contributed by atoms with van der Waals surface area (Å²) in [5.41, 5.74) is 1.05. The fraction of sp³-hybridized carbons (Fsp3) is 0.733. The third kappa shape index (κ3) is 2.79. The maximum absolute atomic E-state index is 10.7. The number of rotatable bonds is 3. The van der Waals surface area contributed by atoms with Gasteiger partial charge in [-0.3, -0.25) is 4.90 Å². The largest absolute Gasteiger partial charge is 0.386 e. The molecule has 1 aromatic rings. The number of aliphatic hydroxyl groups is 1. The zero-order valence-electron chi connectivity index (χ0n) is 11.8. The quantitative estimate of drug-likeness (QED) is 0.901. The van der Waals surface area contributed by atoms with Crippen LogP contribution in [0.3, 0.4) is 0 Å². The number of nitrogens with zero attached hydrogens (tertiary/aromatic N) is 1. The smallest absolute Gasteiger partial charge is 0.106 e. The molecular weight excluding hydrogens is 242 g/mol. The zero-order chi connectivity index (χ0) is 13.2. The monoisotopic (exact) mass is 267 g/mol. The first-order valence-electron chi connectivity index (χ1n) is 7.00. The Morgan fingerprint density at radius 3 is 2.33 bits per heavy atom. The van der Waals surface area contributed by atoms with Gasteiger partial charge < -0.3 is 5.11 Å². The van der Waals surface area contributed by atoms with E-state index < -0.39 is 0 Å². The molecule has 1 atom stereocenters. The molecule has 0 amide bonds. The van der Waals surface area contributed by atoms with E-state index in [4.69, 9.17) is 0 Å². The number of hydrogen-bond donors (Lipinski definition) is 1. The van der Waals surface area contributed by atoms with Crippen LogP contribution in [0.5, 0.6) is 0 Å². The Balaban J connectivity index is 2.16. The molecule has 0 aromatic carbocycles. The first kappa shape index (κ1) is 14.0. The molecule has 1 N–H and O–H groups in total. The molecule has 1 unspecified atom stereocenters. The molecule has 1 aromatic heterocycles. The molecule has 0 radical (unpaired) electrons. The van der Waals surface area contributed by atoms with E-state index in [-0.39, 0.29) is 11.6 Å². The summed E-state index contributed by atoms with van der Waals surface area (Å²) >= 11 is 1.68. The van der Waals surface area contributed by atoms with Crippen LogP contribution in [-0.4, -0.2) is 28.6 Å². The van der Waals surface area contributed by atoms with Crippen molar-refractivity contribution in [2.24, 2.45) is 0 Å². The highest BCUT2D eigenvalue weighted by atomic mass is 32.1. The number of aryl methyl sites for hydroxylation is 1. The average Bonchev–Trinajstić information content (AvgIpc) is 2.61. The molecule has 0 spiro atoms. The third-order valence-corrected chi connectivity index (χ3v) is 5.31. The van der Waals surface area contributed by atoms with Crippen molar-refractivity contribution >= 4 is 11.3 Å². The summed E-state index contributed by atoms with van der Waals surface area (Å²) in [5, 5.41) is 12.8. The van der Waals surface area contributed by atoms with Gasteiger partial charge in [-0.25, -0.2) is 0 Å². The van der Waals surface area contributed by atoms with E-state index in [1.807, 2.05) is 0 Å². The minimum Gasteiger partial charge on any atom is -0.386 e. The van der Waals surface area contributed by atoms with Gasteiger partial charge in [-0.1, -0.05) is 12.8 Å². The van der Waals surface area contributed by atoms with E-state index in [0.717, 1.165) is 18.0 Å². The summed E-state index contributed by atoms with van der Waals surface area (Å²) in [6, 6.07) is 2.10. The van der Waals surface area contributed by atoms with E-state index >= 15 is 0 Å². The molecule has 0 saturated carbocycles. The maximum atomic E-state index is 10.7. The fourth-order valence-electron chi connectivity index (χ4n) is 2.81. The van der Waals surface area contributed by atoms with Gasteiger partial charge in [0, 0.05) is 10.4 Å². The van der Waals surface area contributed by atoms with Crippen LogP contribution in [0.1, 0.15) is 56.1 Å². The van der Waals surface area contributed by atoms with Crippen molar-refractivity contribution < 1.29 is 5.11 Å². The molecule has 2 heterocycles. The standard InChI is InChI=1S/C15H25NOS/c1-12-8-11-18-13(12)14(17)15(2,3)16-9-6-4-5-7-10-16/h8,11,14,17H,4-7,9-10H2,1-3H3. The minimum absolute atomic E-state index is 0.167. The van der Waals surface area contributed by atoms with Crippen LogP contribution in [0, 0.1) is 6.92 Å². The van der Waals surface area contributed by atoms with Gasteiger partial charge in [-0.2, -0.15) is 0 Å². The topological polar surface area (TPSA) is 23.5 Å². The summed E-state index contributed by atoms with van der Waals surface area (Å²) in [4.78, 5) is 3.60. The van der Waals surface area contributed by atoms with Crippen molar-refractivity contribution in [2.75, 3.05) is 13.1 Å². The normalized spacial score (nSPS) is 20.7. The van der Waals surface area contributed by atoms with E-state index in [2.05, 4.69) is 37.1 Å². The lowest BCUT2D eigenvalue weighted by atomic mass is 9.92. The Kier molecular flexibility index (Phi) is 4.46. The van der Waals surface area contributed by atoms with Gasteiger partial charge in [0.25, 0.3) is 0 Å². The molecule has 1 aliphatic heterocycles. The van der Waals surface area contributed by atoms with Gasteiger partial charge in [0.2, 0.25) is 0 Å². The summed E-state index contributed by atoms with van der Waals surface area (Å²) in [5.74, 6) is 0. The lowest BCUT2D eigenvalue weighted by Gasteiger charge is -2.41. The second-order valence-electron chi connectivity index (χ2n) is 5.93. The number of aliphatic hydroxyl groups excluding tert-OH is 1. The van der Waals surface area contributed by atoms with Crippen LogP contribution in [0.4, 0.5) is 0 Å². The van der Waals surface area contributed by atoms with E-state index in [9.17, 15) is 5.11 Å². The van der Waals surface area contributed by atoms with Gasteiger partial charge in [0.15, 0.2) is 0 Å². The second-order valence-corrected chi connectivity index (χ2v) is 6.87. The van der Waals surface area contributed by atoms with Crippen LogP contribution in [0.25, 0.3) is 0 Å². The third-order valence-electron chi connectivity index (χ3n) is 4.24. The van der Waals surface area contributed by atoms with Gasteiger partial charge in [-0.05, 0) is 63.7 Å². The SMILES string of the molecule is Cc1ccsc1C(O)C(C)(C)N1CCCCCC1. The van der Waals surface area contributed by atoms with Crippen LogP contribution >= 0.6 is 11.3 Å². The Bertz CT molecular complexity index is 378.